The molecule has 18 heavy (non-hydrogen) atoms. The molecular weight excluding hydrogens is 250 g/mol. The van der Waals surface area contributed by atoms with Crippen molar-refractivity contribution in [2.24, 2.45) is 0 Å². The molecule has 0 atom stereocenters. The number of carboxylic acids is 1. The van der Waals surface area contributed by atoms with Gasteiger partial charge in [0.25, 0.3) is 0 Å². The van der Waals surface area contributed by atoms with Crippen LogP contribution in [-0.4, -0.2) is 27.6 Å². The van der Waals surface area contributed by atoms with Gasteiger partial charge in [-0.25, -0.2) is 14.8 Å². The van der Waals surface area contributed by atoms with Crippen LogP contribution in [0.1, 0.15) is 22.3 Å². The highest BCUT2D eigenvalue weighted by molar-refractivity contribution is 7.09. The number of rotatable bonds is 5. The zero-order chi connectivity index (χ0) is 13.0. The van der Waals surface area contributed by atoms with Gasteiger partial charge in [0, 0.05) is 11.4 Å². The van der Waals surface area contributed by atoms with E-state index >= 15 is 0 Å². The molecule has 0 saturated carbocycles. The number of aromatic nitrogens is 2. The lowest BCUT2D eigenvalue weighted by molar-refractivity contribution is 0.0690. The fourth-order valence-electron chi connectivity index (χ4n) is 1.54. The third-order valence-electron chi connectivity index (χ3n) is 2.49. The van der Waals surface area contributed by atoms with E-state index in [0.29, 0.717) is 5.82 Å². The molecule has 0 saturated heterocycles. The van der Waals surface area contributed by atoms with Crippen molar-refractivity contribution in [1.82, 2.24) is 9.97 Å². The van der Waals surface area contributed by atoms with Crippen molar-refractivity contribution in [3.63, 3.8) is 0 Å². The summed E-state index contributed by atoms with van der Waals surface area (Å²) in [5.74, 6) is -0.369. The molecule has 0 bridgehead atoms. The van der Waals surface area contributed by atoms with Crippen LogP contribution in [0.2, 0.25) is 0 Å². The van der Waals surface area contributed by atoms with Crippen LogP contribution in [0.5, 0.6) is 0 Å². The SMILES string of the molecule is CCN(Cc1cccs1)c1cnc(C(=O)O)cn1. The number of hydrogen-bond donors (Lipinski definition) is 1. The summed E-state index contributed by atoms with van der Waals surface area (Å²) in [5, 5.41) is 10.8. The van der Waals surface area contributed by atoms with Crippen LogP contribution >= 0.6 is 11.3 Å². The molecule has 2 aromatic rings. The Morgan fingerprint density at radius 3 is 2.78 bits per heavy atom. The summed E-state index contributed by atoms with van der Waals surface area (Å²) in [7, 11) is 0. The first kappa shape index (κ1) is 12.5. The van der Waals surface area contributed by atoms with Crippen molar-refractivity contribution in [3.05, 3.63) is 40.5 Å². The van der Waals surface area contributed by atoms with E-state index in [0.717, 1.165) is 13.1 Å². The molecule has 0 aliphatic heterocycles. The number of anilines is 1. The Hall–Kier alpha value is -1.95. The molecule has 6 heteroatoms. The third kappa shape index (κ3) is 2.84. The lowest BCUT2D eigenvalue weighted by Gasteiger charge is -2.20. The molecule has 0 spiro atoms. The van der Waals surface area contributed by atoms with Crippen molar-refractivity contribution in [1.29, 1.82) is 0 Å². The van der Waals surface area contributed by atoms with Crippen molar-refractivity contribution in [2.75, 3.05) is 11.4 Å². The summed E-state index contributed by atoms with van der Waals surface area (Å²) >= 11 is 1.69. The summed E-state index contributed by atoms with van der Waals surface area (Å²) in [5.41, 5.74) is -0.0362. The number of carbonyl (C=O) groups is 1. The number of carboxylic acid groups (broad SMARTS) is 1. The van der Waals surface area contributed by atoms with E-state index in [2.05, 4.69) is 16.0 Å². The van der Waals surface area contributed by atoms with Gasteiger partial charge in [0.15, 0.2) is 5.69 Å². The Labute approximate surface area is 109 Å². The topological polar surface area (TPSA) is 66.3 Å². The van der Waals surface area contributed by atoms with E-state index < -0.39 is 5.97 Å². The second-order valence-corrected chi connectivity index (χ2v) is 4.69. The minimum Gasteiger partial charge on any atom is -0.476 e. The average molecular weight is 263 g/mol. The van der Waals surface area contributed by atoms with Gasteiger partial charge in [0.1, 0.15) is 5.82 Å². The molecular formula is C12H13N3O2S. The maximum atomic E-state index is 10.7. The van der Waals surface area contributed by atoms with Gasteiger partial charge in [-0.2, -0.15) is 0 Å². The predicted molar refractivity (Wildman–Crippen MR) is 70.0 cm³/mol. The molecule has 0 radical (unpaired) electrons. The largest absolute Gasteiger partial charge is 0.476 e. The van der Waals surface area contributed by atoms with E-state index in [-0.39, 0.29) is 5.69 Å². The average Bonchev–Trinajstić information content (AvgIpc) is 2.89. The van der Waals surface area contributed by atoms with Crippen molar-refractivity contribution in [2.45, 2.75) is 13.5 Å². The molecule has 0 aromatic carbocycles. The highest BCUT2D eigenvalue weighted by atomic mass is 32.1. The van der Waals surface area contributed by atoms with Gasteiger partial charge in [0.2, 0.25) is 0 Å². The fraction of sp³-hybridized carbons (Fsp3) is 0.250. The van der Waals surface area contributed by atoms with E-state index in [1.807, 2.05) is 23.3 Å². The standard InChI is InChI=1S/C12H13N3O2S/c1-2-15(8-9-4-3-5-18-9)11-7-13-10(6-14-11)12(16)17/h3-7H,2,8H2,1H3,(H,16,17). The summed E-state index contributed by atoms with van der Waals surface area (Å²) < 4.78 is 0. The maximum Gasteiger partial charge on any atom is 0.356 e. The maximum absolute atomic E-state index is 10.7. The molecule has 0 aliphatic rings. The Kier molecular flexibility index (Phi) is 3.88. The van der Waals surface area contributed by atoms with Crippen LogP contribution in [0.4, 0.5) is 5.82 Å². The van der Waals surface area contributed by atoms with Crippen LogP contribution in [0, 0.1) is 0 Å². The monoisotopic (exact) mass is 263 g/mol. The van der Waals surface area contributed by atoms with Gasteiger partial charge >= 0.3 is 5.97 Å². The fourth-order valence-corrected chi connectivity index (χ4v) is 2.26. The highest BCUT2D eigenvalue weighted by Gasteiger charge is 2.10. The third-order valence-corrected chi connectivity index (χ3v) is 3.35. The smallest absolute Gasteiger partial charge is 0.356 e. The minimum absolute atomic E-state index is 0.0362. The van der Waals surface area contributed by atoms with E-state index in [1.54, 1.807) is 11.3 Å². The molecule has 2 aromatic heterocycles. The zero-order valence-corrected chi connectivity index (χ0v) is 10.7. The van der Waals surface area contributed by atoms with E-state index in [9.17, 15) is 4.79 Å². The van der Waals surface area contributed by atoms with Crippen molar-refractivity contribution in [3.8, 4) is 0 Å². The lowest BCUT2D eigenvalue weighted by Crippen LogP contribution is -2.23. The molecule has 1 N–H and O–H groups in total. The van der Waals surface area contributed by atoms with Gasteiger partial charge < -0.3 is 10.0 Å². The first-order chi connectivity index (χ1) is 8.70. The Morgan fingerprint density at radius 1 is 1.44 bits per heavy atom. The van der Waals surface area contributed by atoms with Crippen LogP contribution in [0.15, 0.2) is 29.9 Å². The van der Waals surface area contributed by atoms with E-state index in [1.165, 1.54) is 17.3 Å². The minimum atomic E-state index is -1.06. The molecule has 0 amide bonds. The lowest BCUT2D eigenvalue weighted by atomic mass is 10.4. The number of hydrogen-bond acceptors (Lipinski definition) is 5. The van der Waals surface area contributed by atoms with Gasteiger partial charge in [0.05, 0.1) is 18.9 Å². The van der Waals surface area contributed by atoms with Crippen molar-refractivity contribution < 1.29 is 9.90 Å². The van der Waals surface area contributed by atoms with Crippen LogP contribution < -0.4 is 4.90 Å². The molecule has 0 unspecified atom stereocenters. The van der Waals surface area contributed by atoms with Gasteiger partial charge in [-0.3, -0.25) is 0 Å². The Balaban J connectivity index is 2.14. The Bertz CT molecular complexity index is 511. The number of aromatic carboxylic acids is 1. The molecule has 0 fully saturated rings. The number of thiophene rings is 1. The first-order valence-corrected chi connectivity index (χ1v) is 6.41. The molecule has 2 rings (SSSR count). The van der Waals surface area contributed by atoms with E-state index in [4.69, 9.17) is 5.11 Å². The molecule has 2 heterocycles. The summed E-state index contributed by atoms with van der Waals surface area (Å²) in [6, 6.07) is 4.07. The normalized spacial score (nSPS) is 10.3. The van der Waals surface area contributed by atoms with Gasteiger partial charge in [-0.1, -0.05) is 6.07 Å². The van der Waals surface area contributed by atoms with Crippen molar-refractivity contribution >= 4 is 23.1 Å². The predicted octanol–water partition coefficient (Wildman–Crippen LogP) is 2.26. The molecule has 5 nitrogen and oxygen atoms in total. The number of nitrogens with zero attached hydrogens (tertiary/aromatic N) is 3. The summed E-state index contributed by atoms with van der Waals surface area (Å²) in [4.78, 5) is 22.0. The second-order valence-electron chi connectivity index (χ2n) is 3.66. The zero-order valence-electron chi connectivity index (χ0n) is 9.91. The Morgan fingerprint density at radius 2 is 2.28 bits per heavy atom. The van der Waals surface area contributed by atoms with Crippen LogP contribution in [-0.2, 0) is 6.54 Å². The molecule has 94 valence electrons. The van der Waals surface area contributed by atoms with Crippen LogP contribution in [0.25, 0.3) is 0 Å². The summed E-state index contributed by atoms with van der Waals surface area (Å²) in [6.07, 6.45) is 2.79. The van der Waals surface area contributed by atoms with Gasteiger partial charge in [-0.05, 0) is 18.4 Å². The van der Waals surface area contributed by atoms with Crippen LogP contribution in [0.3, 0.4) is 0 Å². The summed E-state index contributed by atoms with van der Waals surface area (Å²) in [6.45, 7) is 3.58. The highest BCUT2D eigenvalue weighted by Crippen LogP contribution is 2.16. The van der Waals surface area contributed by atoms with Gasteiger partial charge in [-0.15, -0.1) is 11.3 Å². The first-order valence-electron chi connectivity index (χ1n) is 5.53. The second kappa shape index (κ2) is 5.59. The molecule has 0 aliphatic carbocycles. The quantitative estimate of drug-likeness (QED) is 0.896.